The molecule has 0 aromatic heterocycles. The van der Waals surface area contributed by atoms with Crippen molar-refractivity contribution in [2.24, 2.45) is 11.3 Å². The van der Waals surface area contributed by atoms with Gasteiger partial charge in [0.05, 0.1) is 0 Å². The van der Waals surface area contributed by atoms with Crippen molar-refractivity contribution >= 4 is 0 Å². The van der Waals surface area contributed by atoms with Gasteiger partial charge in [0.1, 0.15) is 0 Å². The summed E-state index contributed by atoms with van der Waals surface area (Å²) in [7, 11) is 0. The normalized spacial score (nSPS) is 23.7. The lowest BCUT2D eigenvalue weighted by Crippen LogP contribution is -2.47. The van der Waals surface area contributed by atoms with Crippen molar-refractivity contribution in [2.75, 3.05) is 13.1 Å². The van der Waals surface area contributed by atoms with E-state index in [1.54, 1.807) is 5.57 Å². The summed E-state index contributed by atoms with van der Waals surface area (Å²) in [5.41, 5.74) is 2.32. The zero-order valence-corrected chi connectivity index (χ0v) is 12.9. The topological polar surface area (TPSA) is 3.24 Å². The van der Waals surface area contributed by atoms with Crippen LogP contribution in [0.1, 0.15) is 61.3 Å². The van der Waals surface area contributed by atoms with E-state index in [0.29, 0.717) is 11.0 Å². The van der Waals surface area contributed by atoms with Gasteiger partial charge in [-0.2, -0.15) is 0 Å². The predicted molar refractivity (Wildman–Crippen MR) is 77.3 cm³/mol. The summed E-state index contributed by atoms with van der Waals surface area (Å²) >= 11 is 0. The molecular weight excluding hydrogens is 206 g/mol. The van der Waals surface area contributed by atoms with Crippen molar-refractivity contribution in [3.8, 4) is 0 Å². The number of nitrogens with zero attached hydrogens (tertiary/aromatic N) is 1. The minimum Gasteiger partial charge on any atom is -0.294 e. The summed E-state index contributed by atoms with van der Waals surface area (Å²) in [5, 5.41) is 0. The van der Waals surface area contributed by atoms with Crippen LogP contribution in [0.5, 0.6) is 0 Å². The average Bonchev–Trinajstić information content (AvgIpc) is 2.15. The van der Waals surface area contributed by atoms with E-state index in [-0.39, 0.29) is 0 Å². The fraction of sp³-hybridized carbons (Fsp3) is 0.875. The summed E-state index contributed by atoms with van der Waals surface area (Å²) < 4.78 is 0. The van der Waals surface area contributed by atoms with Crippen LogP contribution < -0.4 is 0 Å². The first-order valence-electron chi connectivity index (χ1n) is 7.12. The van der Waals surface area contributed by atoms with Crippen molar-refractivity contribution in [1.82, 2.24) is 4.90 Å². The zero-order valence-electron chi connectivity index (χ0n) is 12.9. The van der Waals surface area contributed by atoms with Crippen LogP contribution >= 0.6 is 0 Å². The van der Waals surface area contributed by atoms with Crippen molar-refractivity contribution in [3.05, 3.63) is 11.6 Å². The van der Waals surface area contributed by atoms with E-state index in [1.807, 2.05) is 0 Å². The molecule has 0 radical (unpaired) electrons. The van der Waals surface area contributed by atoms with Gasteiger partial charge < -0.3 is 0 Å². The fourth-order valence-corrected chi connectivity index (χ4v) is 2.88. The smallest absolute Gasteiger partial charge is 0.0171 e. The molecule has 1 aliphatic rings. The van der Waals surface area contributed by atoms with E-state index in [1.165, 1.54) is 19.4 Å². The van der Waals surface area contributed by atoms with Crippen LogP contribution in [0.4, 0.5) is 0 Å². The van der Waals surface area contributed by atoms with E-state index in [2.05, 4.69) is 59.4 Å². The molecular formula is C16H31N. The van der Waals surface area contributed by atoms with Crippen LogP contribution in [0.3, 0.4) is 0 Å². The van der Waals surface area contributed by atoms with E-state index in [4.69, 9.17) is 0 Å². The molecule has 0 saturated heterocycles. The zero-order chi connectivity index (χ0) is 13.3. The molecule has 1 heteroatoms. The lowest BCUT2D eigenvalue weighted by molar-refractivity contribution is 0.116. The Balaban J connectivity index is 2.89. The molecule has 1 unspecified atom stereocenters. The van der Waals surface area contributed by atoms with E-state index in [0.717, 1.165) is 12.5 Å². The minimum atomic E-state index is 0.298. The molecule has 0 N–H and O–H groups in total. The van der Waals surface area contributed by atoms with Crippen LogP contribution in [0.15, 0.2) is 11.6 Å². The Morgan fingerprint density at radius 1 is 1.18 bits per heavy atom. The number of hydrogen-bond donors (Lipinski definition) is 0. The molecule has 100 valence electrons. The van der Waals surface area contributed by atoms with Crippen molar-refractivity contribution in [2.45, 2.75) is 66.8 Å². The highest BCUT2D eigenvalue weighted by Gasteiger charge is 2.32. The lowest BCUT2D eigenvalue weighted by atomic mass is 9.74. The number of hydrogen-bond acceptors (Lipinski definition) is 1. The van der Waals surface area contributed by atoms with Crippen LogP contribution in [-0.2, 0) is 0 Å². The Bertz CT molecular complexity index is 275. The largest absolute Gasteiger partial charge is 0.294 e. The summed E-state index contributed by atoms with van der Waals surface area (Å²) in [6.45, 7) is 18.7. The summed E-state index contributed by atoms with van der Waals surface area (Å²) in [5.74, 6) is 0.757. The minimum absolute atomic E-state index is 0.298. The summed E-state index contributed by atoms with van der Waals surface area (Å²) in [6, 6.07) is 0. The quantitative estimate of drug-likeness (QED) is 0.640. The molecule has 0 aromatic carbocycles. The van der Waals surface area contributed by atoms with E-state index < -0.39 is 0 Å². The SMILES string of the molecule is CCCC1CN(C(C)(C)C)CC=C1C(C)(C)C. The molecule has 0 aliphatic carbocycles. The predicted octanol–water partition coefficient (Wildman–Crippen LogP) is 4.49. The second-order valence-corrected chi connectivity index (χ2v) is 7.47. The van der Waals surface area contributed by atoms with Gasteiger partial charge in [-0.3, -0.25) is 4.90 Å². The van der Waals surface area contributed by atoms with Crippen LogP contribution in [0.25, 0.3) is 0 Å². The first-order valence-corrected chi connectivity index (χ1v) is 7.12. The maximum absolute atomic E-state index is 2.61. The molecule has 1 rings (SSSR count). The first kappa shape index (κ1) is 14.8. The van der Waals surface area contributed by atoms with Gasteiger partial charge in [0.15, 0.2) is 0 Å². The molecule has 1 nitrogen and oxygen atoms in total. The van der Waals surface area contributed by atoms with Crippen LogP contribution in [0.2, 0.25) is 0 Å². The molecule has 1 aliphatic heterocycles. The van der Waals surface area contributed by atoms with Gasteiger partial charge in [-0.1, -0.05) is 45.8 Å². The fourth-order valence-electron chi connectivity index (χ4n) is 2.88. The van der Waals surface area contributed by atoms with Gasteiger partial charge in [-0.05, 0) is 38.5 Å². The Morgan fingerprint density at radius 2 is 1.76 bits per heavy atom. The van der Waals surface area contributed by atoms with Gasteiger partial charge in [0.25, 0.3) is 0 Å². The van der Waals surface area contributed by atoms with Gasteiger partial charge >= 0.3 is 0 Å². The summed E-state index contributed by atoms with van der Waals surface area (Å²) in [4.78, 5) is 2.61. The highest BCUT2D eigenvalue weighted by Crippen LogP contribution is 2.37. The molecule has 1 atom stereocenters. The third-order valence-corrected chi connectivity index (χ3v) is 3.86. The highest BCUT2D eigenvalue weighted by molar-refractivity contribution is 5.19. The lowest BCUT2D eigenvalue weighted by Gasteiger charge is -2.44. The monoisotopic (exact) mass is 237 g/mol. The Morgan fingerprint density at radius 3 is 2.18 bits per heavy atom. The Hall–Kier alpha value is -0.300. The van der Waals surface area contributed by atoms with Gasteiger partial charge in [0, 0.05) is 18.6 Å². The molecule has 0 saturated carbocycles. The first-order chi connectivity index (χ1) is 7.66. The second-order valence-electron chi connectivity index (χ2n) is 7.47. The van der Waals surface area contributed by atoms with Crippen molar-refractivity contribution in [1.29, 1.82) is 0 Å². The third kappa shape index (κ3) is 3.84. The Kier molecular flexibility index (Phi) is 4.46. The van der Waals surface area contributed by atoms with E-state index >= 15 is 0 Å². The summed E-state index contributed by atoms with van der Waals surface area (Å²) in [6.07, 6.45) is 5.11. The second kappa shape index (κ2) is 5.14. The van der Waals surface area contributed by atoms with Crippen molar-refractivity contribution < 1.29 is 0 Å². The maximum Gasteiger partial charge on any atom is 0.0171 e. The highest BCUT2D eigenvalue weighted by atomic mass is 15.2. The average molecular weight is 237 g/mol. The molecule has 17 heavy (non-hydrogen) atoms. The van der Waals surface area contributed by atoms with E-state index in [9.17, 15) is 0 Å². The molecule has 1 heterocycles. The molecule has 0 amide bonds. The van der Waals surface area contributed by atoms with Crippen LogP contribution in [0, 0.1) is 11.3 Å². The van der Waals surface area contributed by atoms with Gasteiger partial charge in [-0.25, -0.2) is 0 Å². The Labute approximate surface area is 108 Å². The van der Waals surface area contributed by atoms with Gasteiger partial charge in [0.2, 0.25) is 0 Å². The molecule has 0 spiro atoms. The molecule has 0 fully saturated rings. The van der Waals surface area contributed by atoms with Crippen molar-refractivity contribution in [3.63, 3.8) is 0 Å². The standard InChI is InChI=1S/C16H31N/c1-8-9-13-12-17(16(5,6)7)11-10-14(13)15(2,3)4/h10,13H,8-9,11-12H2,1-7H3. The van der Waals surface area contributed by atoms with Crippen LogP contribution in [-0.4, -0.2) is 23.5 Å². The third-order valence-electron chi connectivity index (χ3n) is 3.86. The number of rotatable bonds is 2. The maximum atomic E-state index is 2.61. The van der Waals surface area contributed by atoms with Gasteiger partial charge in [-0.15, -0.1) is 0 Å². The molecule has 0 bridgehead atoms. The molecule has 0 aromatic rings.